The van der Waals surface area contributed by atoms with Crippen molar-refractivity contribution in [3.05, 3.63) is 42.1 Å². The Hall–Kier alpha value is -2.21. The molecule has 6 heteroatoms. The number of nitrogens with zero attached hydrogens (tertiary/aromatic N) is 3. The number of hydrogen-bond acceptors (Lipinski definition) is 4. The van der Waals surface area contributed by atoms with Gasteiger partial charge in [0.2, 0.25) is 0 Å². The first-order chi connectivity index (χ1) is 10.6. The summed E-state index contributed by atoms with van der Waals surface area (Å²) in [5, 5.41) is 9.65. The van der Waals surface area contributed by atoms with E-state index in [0.29, 0.717) is 18.7 Å². The minimum absolute atomic E-state index is 0.127. The fourth-order valence-corrected chi connectivity index (χ4v) is 3.07. The summed E-state index contributed by atoms with van der Waals surface area (Å²) in [6, 6.07) is 3.86. The molecule has 1 saturated carbocycles. The van der Waals surface area contributed by atoms with Gasteiger partial charge in [-0.25, -0.2) is 9.97 Å². The van der Waals surface area contributed by atoms with Crippen LogP contribution in [0.2, 0.25) is 0 Å². The Bertz CT molecular complexity index is 697. The molecule has 6 nitrogen and oxygen atoms in total. The SMILES string of the molecule is Cc1ccnc(-n2cnc([C@@]3(C(=O)O)C[C@@H]3CCCN)c2)c1. The van der Waals surface area contributed by atoms with Crippen LogP contribution in [0.25, 0.3) is 5.82 Å². The predicted octanol–water partition coefficient (Wildman–Crippen LogP) is 1.66. The average Bonchev–Trinajstić information content (AvgIpc) is 3.02. The molecule has 0 amide bonds. The summed E-state index contributed by atoms with van der Waals surface area (Å²) in [4.78, 5) is 20.4. The zero-order valence-corrected chi connectivity index (χ0v) is 12.6. The van der Waals surface area contributed by atoms with Gasteiger partial charge in [0.05, 0.1) is 5.69 Å². The molecule has 2 aromatic heterocycles. The van der Waals surface area contributed by atoms with Gasteiger partial charge in [-0.05, 0) is 56.3 Å². The molecule has 3 rings (SSSR count). The van der Waals surface area contributed by atoms with Crippen LogP contribution in [0.15, 0.2) is 30.9 Å². The lowest BCUT2D eigenvalue weighted by molar-refractivity contribution is -0.140. The zero-order chi connectivity index (χ0) is 15.7. The fourth-order valence-electron chi connectivity index (χ4n) is 3.07. The van der Waals surface area contributed by atoms with E-state index in [0.717, 1.165) is 24.2 Å². The zero-order valence-electron chi connectivity index (χ0n) is 12.6. The van der Waals surface area contributed by atoms with Crippen molar-refractivity contribution in [1.29, 1.82) is 0 Å². The number of carbonyl (C=O) groups is 1. The van der Waals surface area contributed by atoms with E-state index >= 15 is 0 Å². The van der Waals surface area contributed by atoms with Crippen LogP contribution in [0.3, 0.4) is 0 Å². The van der Waals surface area contributed by atoms with Crippen LogP contribution in [-0.4, -0.2) is 32.2 Å². The van der Waals surface area contributed by atoms with Crippen molar-refractivity contribution in [3.8, 4) is 5.82 Å². The molecule has 1 fully saturated rings. The number of carboxylic acid groups (broad SMARTS) is 1. The first-order valence-corrected chi connectivity index (χ1v) is 7.49. The summed E-state index contributed by atoms with van der Waals surface area (Å²) in [6.45, 7) is 2.58. The number of pyridine rings is 1. The number of aliphatic carboxylic acids is 1. The van der Waals surface area contributed by atoms with Crippen molar-refractivity contribution in [2.45, 2.75) is 31.6 Å². The Kier molecular flexibility index (Phi) is 3.70. The minimum Gasteiger partial charge on any atom is -0.481 e. The van der Waals surface area contributed by atoms with Crippen molar-refractivity contribution < 1.29 is 9.90 Å². The molecule has 0 aliphatic heterocycles. The quantitative estimate of drug-likeness (QED) is 0.846. The molecule has 0 saturated heterocycles. The maximum absolute atomic E-state index is 11.8. The second-order valence-corrected chi connectivity index (χ2v) is 5.97. The molecule has 2 aromatic rings. The number of carboxylic acids is 1. The molecule has 116 valence electrons. The van der Waals surface area contributed by atoms with Crippen LogP contribution in [0.1, 0.15) is 30.5 Å². The smallest absolute Gasteiger partial charge is 0.316 e. The molecule has 0 unspecified atom stereocenters. The van der Waals surface area contributed by atoms with Gasteiger partial charge in [-0.2, -0.15) is 0 Å². The highest BCUT2D eigenvalue weighted by Crippen LogP contribution is 2.56. The fraction of sp³-hybridized carbons (Fsp3) is 0.438. The van der Waals surface area contributed by atoms with Gasteiger partial charge in [0.25, 0.3) is 0 Å². The Morgan fingerprint density at radius 3 is 3.05 bits per heavy atom. The number of imidazole rings is 1. The third kappa shape index (κ3) is 2.39. The lowest BCUT2D eigenvalue weighted by atomic mass is 9.98. The Balaban J connectivity index is 1.88. The van der Waals surface area contributed by atoms with Crippen LogP contribution in [0, 0.1) is 12.8 Å². The van der Waals surface area contributed by atoms with Crippen LogP contribution < -0.4 is 5.73 Å². The summed E-state index contributed by atoms with van der Waals surface area (Å²) in [7, 11) is 0. The van der Waals surface area contributed by atoms with E-state index in [-0.39, 0.29) is 5.92 Å². The van der Waals surface area contributed by atoms with Gasteiger partial charge in [-0.1, -0.05) is 0 Å². The van der Waals surface area contributed by atoms with Gasteiger partial charge >= 0.3 is 5.97 Å². The minimum atomic E-state index is -0.843. The largest absolute Gasteiger partial charge is 0.481 e. The van der Waals surface area contributed by atoms with Crippen LogP contribution in [-0.2, 0) is 10.2 Å². The lowest BCUT2D eigenvalue weighted by Gasteiger charge is -2.09. The lowest BCUT2D eigenvalue weighted by Crippen LogP contribution is -2.23. The summed E-state index contributed by atoms with van der Waals surface area (Å²) in [5.74, 6) is 0.0813. The molecular weight excluding hydrogens is 280 g/mol. The molecule has 1 aliphatic carbocycles. The monoisotopic (exact) mass is 300 g/mol. The standard InChI is InChI=1S/C16H20N4O2/c1-11-4-6-18-14(7-11)20-9-13(19-10-20)16(15(21)22)8-12(16)3-2-5-17/h4,6-7,9-10,12H,2-3,5,8,17H2,1H3,(H,21,22)/t12-,16+/m0/s1. The van der Waals surface area contributed by atoms with Crippen molar-refractivity contribution in [3.63, 3.8) is 0 Å². The van der Waals surface area contributed by atoms with Crippen molar-refractivity contribution in [2.75, 3.05) is 6.54 Å². The number of aromatic nitrogens is 3. The maximum Gasteiger partial charge on any atom is 0.316 e. The van der Waals surface area contributed by atoms with Gasteiger partial charge in [-0.15, -0.1) is 0 Å². The van der Waals surface area contributed by atoms with E-state index < -0.39 is 11.4 Å². The van der Waals surface area contributed by atoms with Crippen molar-refractivity contribution in [2.24, 2.45) is 11.7 Å². The maximum atomic E-state index is 11.8. The first kappa shape index (κ1) is 14.7. The predicted molar refractivity (Wildman–Crippen MR) is 81.8 cm³/mol. The van der Waals surface area contributed by atoms with E-state index in [1.807, 2.05) is 19.1 Å². The highest BCUT2D eigenvalue weighted by Gasteiger charge is 2.62. The summed E-state index contributed by atoms with van der Waals surface area (Å²) in [5.41, 5.74) is 6.40. The Morgan fingerprint density at radius 2 is 2.36 bits per heavy atom. The summed E-state index contributed by atoms with van der Waals surface area (Å²) < 4.78 is 1.78. The van der Waals surface area contributed by atoms with Crippen LogP contribution in [0.4, 0.5) is 0 Å². The first-order valence-electron chi connectivity index (χ1n) is 7.49. The van der Waals surface area contributed by atoms with E-state index in [9.17, 15) is 9.90 Å². The second-order valence-electron chi connectivity index (χ2n) is 5.97. The summed E-state index contributed by atoms with van der Waals surface area (Å²) in [6.07, 6.45) is 7.48. The van der Waals surface area contributed by atoms with Gasteiger partial charge in [0.15, 0.2) is 0 Å². The molecule has 0 radical (unpaired) electrons. The third-order valence-electron chi connectivity index (χ3n) is 4.45. The van der Waals surface area contributed by atoms with E-state index in [4.69, 9.17) is 5.73 Å². The van der Waals surface area contributed by atoms with E-state index in [1.54, 1.807) is 23.3 Å². The number of nitrogens with two attached hydrogens (primary N) is 1. The molecule has 0 spiro atoms. The van der Waals surface area contributed by atoms with Crippen molar-refractivity contribution in [1.82, 2.24) is 14.5 Å². The highest BCUT2D eigenvalue weighted by atomic mass is 16.4. The topological polar surface area (TPSA) is 94.0 Å². The van der Waals surface area contributed by atoms with Crippen molar-refractivity contribution >= 4 is 5.97 Å². The average molecular weight is 300 g/mol. The van der Waals surface area contributed by atoms with Gasteiger partial charge in [-0.3, -0.25) is 9.36 Å². The van der Waals surface area contributed by atoms with E-state index in [1.165, 1.54) is 0 Å². The Morgan fingerprint density at radius 1 is 1.55 bits per heavy atom. The van der Waals surface area contributed by atoms with Crippen LogP contribution >= 0.6 is 0 Å². The Labute approximate surface area is 129 Å². The van der Waals surface area contributed by atoms with Gasteiger partial charge in [0, 0.05) is 12.4 Å². The normalized spacial score (nSPS) is 23.5. The third-order valence-corrected chi connectivity index (χ3v) is 4.45. The highest BCUT2D eigenvalue weighted by molar-refractivity contribution is 5.85. The van der Waals surface area contributed by atoms with Crippen LogP contribution in [0.5, 0.6) is 0 Å². The molecule has 2 heterocycles. The molecule has 1 aliphatic rings. The molecular formula is C16H20N4O2. The second kappa shape index (κ2) is 5.53. The number of aryl methyl sites for hydroxylation is 1. The summed E-state index contributed by atoms with van der Waals surface area (Å²) >= 11 is 0. The molecule has 22 heavy (non-hydrogen) atoms. The molecule has 2 atom stereocenters. The number of hydrogen-bond donors (Lipinski definition) is 2. The molecule has 0 aromatic carbocycles. The van der Waals surface area contributed by atoms with Gasteiger partial charge in [0.1, 0.15) is 17.6 Å². The molecule has 3 N–H and O–H groups in total. The molecule has 0 bridgehead atoms. The number of rotatable bonds is 6. The van der Waals surface area contributed by atoms with E-state index in [2.05, 4.69) is 9.97 Å². The van der Waals surface area contributed by atoms with Gasteiger partial charge < -0.3 is 10.8 Å².